The van der Waals surface area contributed by atoms with Crippen molar-refractivity contribution in [3.05, 3.63) is 53.6 Å². The molecule has 0 N–H and O–H groups in total. The quantitative estimate of drug-likeness (QED) is 0.831. The summed E-state index contributed by atoms with van der Waals surface area (Å²) in [6, 6.07) is 8.06. The van der Waals surface area contributed by atoms with Crippen LogP contribution in [0.5, 0.6) is 0 Å². The molecular formula is C16H20FN3OS. The molecule has 0 saturated heterocycles. The van der Waals surface area contributed by atoms with Crippen LogP contribution in [0, 0.1) is 5.82 Å². The van der Waals surface area contributed by atoms with E-state index >= 15 is 0 Å². The number of halogens is 1. The number of hydrogen-bond donors (Lipinski definition) is 1. The number of benzene rings is 1. The molecule has 1 amide bonds. The summed E-state index contributed by atoms with van der Waals surface area (Å²) in [5.41, 5.74) is 1.78. The van der Waals surface area contributed by atoms with Crippen LogP contribution >= 0.6 is 12.6 Å². The van der Waals surface area contributed by atoms with Crippen LogP contribution < -0.4 is 0 Å². The van der Waals surface area contributed by atoms with Gasteiger partial charge in [-0.3, -0.25) is 9.48 Å². The molecule has 1 atom stereocenters. The molecule has 2 aromatic rings. The Hall–Kier alpha value is -1.82. The summed E-state index contributed by atoms with van der Waals surface area (Å²) in [5.74, 6) is 0.264. The average Bonchev–Trinajstić information content (AvgIpc) is 2.92. The minimum atomic E-state index is -0.266. The van der Waals surface area contributed by atoms with Crippen molar-refractivity contribution < 1.29 is 9.18 Å². The van der Waals surface area contributed by atoms with E-state index < -0.39 is 0 Å². The van der Waals surface area contributed by atoms with Gasteiger partial charge in [-0.05, 0) is 35.9 Å². The molecule has 0 fully saturated rings. The molecule has 118 valence electrons. The number of likely N-dealkylation sites (N-methyl/N-ethyl adjacent to an activating group) is 1. The number of carbonyl (C=O) groups excluding carboxylic acids is 1. The summed E-state index contributed by atoms with van der Waals surface area (Å²) >= 11 is 4.12. The molecule has 0 aliphatic heterocycles. The Morgan fingerprint density at radius 1 is 1.36 bits per heavy atom. The van der Waals surface area contributed by atoms with E-state index in [-0.39, 0.29) is 17.8 Å². The Morgan fingerprint density at radius 2 is 2.05 bits per heavy atom. The largest absolute Gasteiger partial charge is 0.337 e. The van der Waals surface area contributed by atoms with Crippen molar-refractivity contribution in [1.82, 2.24) is 14.7 Å². The summed E-state index contributed by atoms with van der Waals surface area (Å²) in [4.78, 5) is 13.9. The maximum atomic E-state index is 13.0. The monoisotopic (exact) mass is 321 g/mol. The van der Waals surface area contributed by atoms with Crippen LogP contribution in [0.3, 0.4) is 0 Å². The molecule has 2 rings (SSSR count). The molecule has 22 heavy (non-hydrogen) atoms. The Morgan fingerprint density at radius 3 is 2.59 bits per heavy atom. The highest BCUT2D eigenvalue weighted by Crippen LogP contribution is 2.23. The third kappa shape index (κ3) is 4.10. The van der Waals surface area contributed by atoms with Gasteiger partial charge >= 0.3 is 0 Å². The van der Waals surface area contributed by atoms with Crippen LogP contribution in [0.25, 0.3) is 0 Å². The highest BCUT2D eigenvalue weighted by Gasteiger charge is 2.23. The van der Waals surface area contributed by atoms with Gasteiger partial charge in [0.25, 0.3) is 0 Å². The number of carbonyl (C=O) groups is 1. The minimum absolute atomic E-state index is 0.0211. The van der Waals surface area contributed by atoms with Crippen LogP contribution in [0.2, 0.25) is 0 Å². The third-order valence-electron chi connectivity index (χ3n) is 3.60. The molecule has 0 aliphatic rings. The first-order chi connectivity index (χ1) is 10.5. The fourth-order valence-electron chi connectivity index (χ4n) is 2.34. The molecule has 0 spiro atoms. The maximum Gasteiger partial charge on any atom is 0.223 e. The number of amides is 1. The molecule has 1 unspecified atom stereocenters. The van der Waals surface area contributed by atoms with E-state index in [0.29, 0.717) is 18.6 Å². The van der Waals surface area contributed by atoms with Crippen molar-refractivity contribution in [2.75, 3.05) is 12.8 Å². The van der Waals surface area contributed by atoms with Gasteiger partial charge in [-0.15, -0.1) is 0 Å². The van der Waals surface area contributed by atoms with Gasteiger partial charge in [0, 0.05) is 26.7 Å². The van der Waals surface area contributed by atoms with Crippen LogP contribution in [0.1, 0.15) is 23.7 Å². The summed E-state index contributed by atoms with van der Waals surface area (Å²) in [6.45, 7) is 0. The lowest BCUT2D eigenvalue weighted by Gasteiger charge is -2.27. The fraction of sp³-hybridized carbons (Fsp3) is 0.375. The number of hydrogen-bond acceptors (Lipinski definition) is 3. The second-order valence-corrected chi connectivity index (χ2v) is 5.69. The summed E-state index contributed by atoms with van der Waals surface area (Å²) in [5, 5.41) is 4.42. The van der Waals surface area contributed by atoms with Gasteiger partial charge in [-0.2, -0.15) is 17.7 Å². The predicted molar refractivity (Wildman–Crippen MR) is 87.3 cm³/mol. The molecule has 1 aromatic heterocycles. The second-order valence-electron chi connectivity index (χ2n) is 5.24. The Balaban J connectivity index is 2.25. The van der Waals surface area contributed by atoms with Crippen LogP contribution in [-0.2, 0) is 18.3 Å². The summed E-state index contributed by atoms with van der Waals surface area (Å²) in [6.07, 6.45) is 2.82. The van der Waals surface area contributed by atoms with Crippen LogP contribution in [-0.4, -0.2) is 33.4 Å². The molecule has 0 saturated carbocycles. The number of aromatic nitrogens is 2. The van der Waals surface area contributed by atoms with E-state index in [4.69, 9.17) is 0 Å². The first-order valence-electron chi connectivity index (χ1n) is 7.11. The van der Waals surface area contributed by atoms with Crippen LogP contribution in [0.4, 0.5) is 4.39 Å². The Kier molecular flexibility index (Phi) is 5.60. The molecule has 4 nitrogen and oxygen atoms in total. The Labute approximate surface area is 135 Å². The molecule has 1 aromatic carbocycles. The summed E-state index contributed by atoms with van der Waals surface area (Å²) in [7, 11) is 3.61. The topological polar surface area (TPSA) is 38.1 Å². The van der Waals surface area contributed by atoms with E-state index in [1.54, 1.807) is 28.8 Å². The zero-order valence-corrected chi connectivity index (χ0v) is 13.6. The maximum absolute atomic E-state index is 13.0. The van der Waals surface area contributed by atoms with Crippen molar-refractivity contribution in [1.29, 1.82) is 0 Å². The predicted octanol–water partition coefficient (Wildman–Crippen LogP) is 2.62. The second kappa shape index (κ2) is 7.45. The van der Waals surface area contributed by atoms with Gasteiger partial charge in [0.15, 0.2) is 0 Å². The van der Waals surface area contributed by atoms with Gasteiger partial charge in [0.1, 0.15) is 5.82 Å². The van der Waals surface area contributed by atoms with E-state index in [1.165, 1.54) is 12.1 Å². The van der Waals surface area contributed by atoms with E-state index in [2.05, 4.69) is 17.7 Å². The summed E-state index contributed by atoms with van der Waals surface area (Å²) < 4.78 is 14.8. The van der Waals surface area contributed by atoms with Crippen molar-refractivity contribution >= 4 is 18.5 Å². The number of rotatable bonds is 6. The molecule has 6 heteroatoms. The molecule has 0 bridgehead atoms. The minimum Gasteiger partial charge on any atom is -0.337 e. The zero-order chi connectivity index (χ0) is 16.1. The van der Waals surface area contributed by atoms with Gasteiger partial charge in [0.2, 0.25) is 5.91 Å². The number of thiol groups is 1. The standard InChI is InChI=1S/C16H20FN3OS/c1-19-9-7-14(18-19)15(20(2)16(21)8-10-22)11-12-3-5-13(17)6-4-12/h3-7,9,15,22H,8,10-11H2,1-2H3. The van der Waals surface area contributed by atoms with Crippen molar-refractivity contribution in [2.45, 2.75) is 18.9 Å². The number of aryl methyl sites for hydroxylation is 1. The smallest absolute Gasteiger partial charge is 0.223 e. The van der Waals surface area contributed by atoms with Gasteiger partial charge in [-0.1, -0.05) is 12.1 Å². The molecule has 0 aliphatic carbocycles. The molecule has 1 heterocycles. The molecule has 0 radical (unpaired) electrons. The average molecular weight is 321 g/mol. The third-order valence-corrected chi connectivity index (χ3v) is 3.83. The van der Waals surface area contributed by atoms with E-state index in [0.717, 1.165) is 11.3 Å². The zero-order valence-electron chi connectivity index (χ0n) is 12.7. The van der Waals surface area contributed by atoms with Gasteiger partial charge in [0.05, 0.1) is 11.7 Å². The lowest BCUT2D eigenvalue weighted by atomic mass is 10.0. The SMILES string of the molecule is CN(C(=O)CCS)C(Cc1ccc(F)cc1)c1ccn(C)n1. The van der Waals surface area contributed by atoms with Crippen molar-refractivity contribution in [3.8, 4) is 0 Å². The van der Waals surface area contributed by atoms with Crippen molar-refractivity contribution in [2.24, 2.45) is 7.05 Å². The van der Waals surface area contributed by atoms with Crippen LogP contribution in [0.15, 0.2) is 36.5 Å². The Bertz CT molecular complexity index is 627. The lowest BCUT2D eigenvalue weighted by Crippen LogP contribution is -2.33. The number of nitrogens with zero attached hydrogens (tertiary/aromatic N) is 3. The van der Waals surface area contributed by atoms with Gasteiger partial charge < -0.3 is 4.90 Å². The normalized spacial score (nSPS) is 12.2. The van der Waals surface area contributed by atoms with Gasteiger partial charge in [-0.25, -0.2) is 4.39 Å². The first kappa shape index (κ1) is 16.5. The fourth-order valence-corrected chi connectivity index (χ4v) is 2.53. The van der Waals surface area contributed by atoms with E-state index in [1.807, 2.05) is 19.3 Å². The highest BCUT2D eigenvalue weighted by atomic mass is 32.1. The highest BCUT2D eigenvalue weighted by molar-refractivity contribution is 7.80. The molecular weight excluding hydrogens is 301 g/mol. The first-order valence-corrected chi connectivity index (χ1v) is 7.75. The lowest BCUT2D eigenvalue weighted by molar-refractivity contribution is -0.131. The van der Waals surface area contributed by atoms with Crippen molar-refractivity contribution in [3.63, 3.8) is 0 Å². The van der Waals surface area contributed by atoms with E-state index in [9.17, 15) is 9.18 Å².